The number of halogens is 3. The molecule has 0 bridgehead atoms. The van der Waals surface area contributed by atoms with Crippen LogP contribution in [-0.2, 0) is 16.4 Å². The SMILES string of the molecule is CCNS(=O)(=O)c1ccc([N+](=O)[O-])cc1C[C@H](N)c1ccc(F)c(Cl)c1.Cl. The van der Waals surface area contributed by atoms with E-state index in [1.807, 2.05) is 0 Å². The van der Waals surface area contributed by atoms with Crippen LogP contribution in [0.15, 0.2) is 41.3 Å². The first kappa shape index (κ1) is 23.3. The van der Waals surface area contributed by atoms with Gasteiger partial charge < -0.3 is 5.73 Å². The fourth-order valence-electron chi connectivity index (χ4n) is 2.47. The Labute approximate surface area is 167 Å². The fraction of sp³-hybridized carbons (Fsp3) is 0.250. The van der Waals surface area contributed by atoms with Gasteiger partial charge in [0.2, 0.25) is 10.0 Å². The number of sulfonamides is 1. The van der Waals surface area contributed by atoms with Crippen LogP contribution in [0.25, 0.3) is 0 Å². The van der Waals surface area contributed by atoms with E-state index >= 15 is 0 Å². The highest BCUT2D eigenvalue weighted by Gasteiger charge is 2.22. The molecule has 0 aliphatic carbocycles. The summed E-state index contributed by atoms with van der Waals surface area (Å²) in [6.45, 7) is 1.78. The Morgan fingerprint density at radius 3 is 2.52 bits per heavy atom. The van der Waals surface area contributed by atoms with Gasteiger partial charge in [-0.2, -0.15) is 0 Å². The Hall–Kier alpha value is -1.78. The minimum Gasteiger partial charge on any atom is -0.324 e. The zero-order valence-electron chi connectivity index (χ0n) is 14.2. The van der Waals surface area contributed by atoms with Crippen molar-refractivity contribution in [3.63, 3.8) is 0 Å². The van der Waals surface area contributed by atoms with Crippen LogP contribution >= 0.6 is 24.0 Å². The summed E-state index contributed by atoms with van der Waals surface area (Å²) in [4.78, 5) is 10.3. The van der Waals surface area contributed by atoms with Crippen LogP contribution < -0.4 is 10.5 Å². The molecule has 0 saturated carbocycles. The number of benzene rings is 2. The molecule has 148 valence electrons. The van der Waals surface area contributed by atoms with Crippen molar-refractivity contribution in [3.05, 3.63) is 68.5 Å². The molecule has 7 nitrogen and oxygen atoms in total. The average Bonchev–Trinajstić information content (AvgIpc) is 2.56. The molecule has 0 unspecified atom stereocenters. The lowest BCUT2D eigenvalue weighted by molar-refractivity contribution is -0.385. The van der Waals surface area contributed by atoms with Gasteiger partial charge in [0.1, 0.15) is 5.82 Å². The smallest absolute Gasteiger partial charge is 0.269 e. The summed E-state index contributed by atoms with van der Waals surface area (Å²) < 4.78 is 40.4. The highest BCUT2D eigenvalue weighted by atomic mass is 35.5. The van der Waals surface area contributed by atoms with Crippen LogP contribution in [0, 0.1) is 15.9 Å². The van der Waals surface area contributed by atoms with Crippen molar-refractivity contribution in [1.82, 2.24) is 4.72 Å². The highest BCUT2D eigenvalue weighted by Crippen LogP contribution is 2.27. The number of nitrogens with zero attached hydrogens (tertiary/aromatic N) is 1. The molecule has 0 fully saturated rings. The summed E-state index contributed by atoms with van der Waals surface area (Å²) >= 11 is 5.75. The van der Waals surface area contributed by atoms with Gasteiger partial charge in [-0.3, -0.25) is 10.1 Å². The molecule has 3 N–H and O–H groups in total. The number of rotatable bonds is 7. The van der Waals surface area contributed by atoms with Crippen molar-refractivity contribution >= 4 is 39.7 Å². The summed E-state index contributed by atoms with van der Waals surface area (Å²) in [5, 5.41) is 10.9. The molecule has 2 aromatic rings. The fourth-order valence-corrected chi connectivity index (χ4v) is 3.93. The van der Waals surface area contributed by atoms with Crippen molar-refractivity contribution in [2.75, 3.05) is 6.54 Å². The molecular formula is C16H18Cl2FN3O4S. The molecule has 0 aromatic heterocycles. The number of nitro benzene ring substituents is 1. The maximum Gasteiger partial charge on any atom is 0.269 e. The molecule has 0 aliphatic rings. The quantitative estimate of drug-likeness (QED) is 0.508. The zero-order valence-corrected chi connectivity index (χ0v) is 16.6. The van der Waals surface area contributed by atoms with Crippen LogP contribution in [0.3, 0.4) is 0 Å². The maximum atomic E-state index is 13.3. The summed E-state index contributed by atoms with van der Waals surface area (Å²) in [5.41, 5.74) is 6.51. The minimum atomic E-state index is -3.84. The second kappa shape index (κ2) is 9.43. The summed E-state index contributed by atoms with van der Waals surface area (Å²) in [6, 6.07) is 6.67. The highest BCUT2D eigenvalue weighted by molar-refractivity contribution is 7.89. The van der Waals surface area contributed by atoms with E-state index in [1.54, 1.807) is 6.92 Å². The first-order chi connectivity index (χ1) is 12.2. The number of hydrogen-bond donors (Lipinski definition) is 2. The lowest BCUT2D eigenvalue weighted by Crippen LogP contribution is -2.25. The third-order valence-corrected chi connectivity index (χ3v) is 5.63. The van der Waals surface area contributed by atoms with Gasteiger partial charge in [0.05, 0.1) is 14.8 Å². The van der Waals surface area contributed by atoms with Crippen LogP contribution in [0.1, 0.15) is 24.1 Å². The predicted molar refractivity (Wildman–Crippen MR) is 103 cm³/mol. The van der Waals surface area contributed by atoms with Gasteiger partial charge in [-0.1, -0.05) is 24.6 Å². The van der Waals surface area contributed by atoms with Gasteiger partial charge in [-0.25, -0.2) is 17.5 Å². The second-order valence-electron chi connectivity index (χ2n) is 5.53. The molecule has 27 heavy (non-hydrogen) atoms. The van der Waals surface area contributed by atoms with Gasteiger partial charge in [0.25, 0.3) is 5.69 Å². The predicted octanol–water partition coefficient (Wildman–Crippen LogP) is 3.35. The molecule has 11 heteroatoms. The molecule has 0 aliphatic heterocycles. The van der Waals surface area contributed by atoms with Gasteiger partial charge >= 0.3 is 0 Å². The average molecular weight is 438 g/mol. The summed E-state index contributed by atoms with van der Waals surface area (Å²) in [5.74, 6) is -0.603. The zero-order chi connectivity index (χ0) is 19.5. The lowest BCUT2D eigenvalue weighted by Gasteiger charge is -2.16. The van der Waals surface area contributed by atoms with Gasteiger partial charge in [0.15, 0.2) is 0 Å². The van der Waals surface area contributed by atoms with E-state index in [2.05, 4.69) is 4.72 Å². The minimum absolute atomic E-state index is 0. The van der Waals surface area contributed by atoms with E-state index in [0.29, 0.717) is 5.56 Å². The van der Waals surface area contributed by atoms with Gasteiger partial charge in [-0.15, -0.1) is 12.4 Å². The third kappa shape index (κ3) is 5.60. The number of nitrogens with one attached hydrogen (secondary N) is 1. The number of nitro groups is 1. The van der Waals surface area contributed by atoms with Crippen molar-refractivity contribution in [2.24, 2.45) is 5.73 Å². The number of nitrogens with two attached hydrogens (primary N) is 1. The monoisotopic (exact) mass is 437 g/mol. The van der Waals surface area contributed by atoms with Crippen molar-refractivity contribution < 1.29 is 17.7 Å². The van der Waals surface area contributed by atoms with E-state index in [-0.39, 0.29) is 46.5 Å². The Morgan fingerprint density at radius 2 is 1.96 bits per heavy atom. The van der Waals surface area contributed by atoms with E-state index < -0.39 is 26.8 Å². The first-order valence-electron chi connectivity index (χ1n) is 7.63. The standard InChI is InChI=1S/C16H17ClFN3O4S.ClH/c1-2-20-26(24,25)16-6-4-12(21(22)23)7-11(16)9-15(19)10-3-5-14(18)13(17)8-10;/h3-8,15,20H,2,9,19H2,1H3;1H/t15-;/m0./s1. The van der Waals surface area contributed by atoms with Crippen molar-refractivity contribution in [1.29, 1.82) is 0 Å². The Bertz CT molecular complexity index is 941. The molecule has 0 saturated heterocycles. The van der Waals surface area contributed by atoms with Crippen LogP contribution in [0.5, 0.6) is 0 Å². The van der Waals surface area contributed by atoms with Crippen molar-refractivity contribution in [3.8, 4) is 0 Å². The molecule has 0 amide bonds. The Kier molecular flexibility index (Phi) is 8.12. The van der Waals surface area contributed by atoms with E-state index in [4.69, 9.17) is 17.3 Å². The number of hydrogen-bond acceptors (Lipinski definition) is 5. The summed E-state index contributed by atoms with van der Waals surface area (Å²) in [7, 11) is -3.84. The molecule has 2 rings (SSSR count). The van der Waals surface area contributed by atoms with E-state index in [1.165, 1.54) is 24.3 Å². The second-order valence-corrected chi connectivity index (χ2v) is 7.68. The molecular weight excluding hydrogens is 420 g/mol. The third-order valence-electron chi connectivity index (χ3n) is 3.69. The molecule has 0 spiro atoms. The normalized spacial score (nSPS) is 12.3. The first-order valence-corrected chi connectivity index (χ1v) is 9.49. The lowest BCUT2D eigenvalue weighted by atomic mass is 9.99. The molecule has 0 heterocycles. The number of non-ortho nitro benzene ring substituents is 1. The Balaban J connectivity index is 0.00000364. The van der Waals surface area contributed by atoms with Gasteiger partial charge in [0, 0.05) is 24.7 Å². The molecule has 2 aromatic carbocycles. The van der Waals surface area contributed by atoms with Crippen LogP contribution in [0.2, 0.25) is 5.02 Å². The van der Waals surface area contributed by atoms with Crippen LogP contribution in [0.4, 0.5) is 10.1 Å². The largest absolute Gasteiger partial charge is 0.324 e. The molecule has 0 radical (unpaired) electrons. The maximum absolute atomic E-state index is 13.3. The van der Waals surface area contributed by atoms with Crippen molar-refractivity contribution in [2.45, 2.75) is 24.3 Å². The van der Waals surface area contributed by atoms with E-state index in [9.17, 15) is 22.9 Å². The van der Waals surface area contributed by atoms with E-state index in [0.717, 1.165) is 12.1 Å². The topological polar surface area (TPSA) is 115 Å². The van der Waals surface area contributed by atoms with Gasteiger partial charge in [-0.05, 0) is 35.7 Å². The Morgan fingerprint density at radius 1 is 1.30 bits per heavy atom. The summed E-state index contributed by atoms with van der Waals surface area (Å²) in [6.07, 6.45) is -0.0103. The molecule has 1 atom stereocenters. The van der Waals surface area contributed by atoms with Crippen LogP contribution in [-0.4, -0.2) is 19.9 Å².